The summed E-state index contributed by atoms with van der Waals surface area (Å²) in [5.74, 6) is -1.34. The van der Waals surface area contributed by atoms with Gasteiger partial charge in [-0.3, -0.25) is 14.9 Å². The van der Waals surface area contributed by atoms with Gasteiger partial charge in [0.15, 0.2) is 0 Å². The van der Waals surface area contributed by atoms with Crippen LogP contribution in [0.15, 0.2) is 42.5 Å². The monoisotopic (exact) mass is 433 g/mol. The predicted octanol–water partition coefficient (Wildman–Crippen LogP) is 4.31. The molecule has 0 aromatic heterocycles. The number of rotatable bonds is 11. The van der Waals surface area contributed by atoms with Gasteiger partial charge in [-0.05, 0) is 66.6 Å². The van der Waals surface area contributed by atoms with Crippen LogP contribution in [0.5, 0.6) is 5.75 Å². The van der Waals surface area contributed by atoms with E-state index in [2.05, 4.69) is 5.32 Å². The highest BCUT2D eigenvalue weighted by Crippen LogP contribution is 2.19. The van der Waals surface area contributed by atoms with Crippen LogP contribution in [0.4, 0.5) is 0 Å². The minimum absolute atomic E-state index is 0.132. The SMILES string of the molecule is Cc1cc(Cl)cc(COc2ccc(C[C@H](N[C@@H](CC(C)C)C(=O)O)C(=O)O)cc2)c1. The molecule has 0 saturated heterocycles. The maximum atomic E-state index is 11.6. The first kappa shape index (κ1) is 23.7. The van der Waals surface area contributed by atoms with Crippen LogP contribution in [0.1, 0.15) is 37.0 Å². The first-order chi connectivity index (χ1) is 14.1. The molecule has 0 unspecified atom stereocenters. The summed E-state index contributed by atoms with van der Waals surface area (Å²) in [7, 11) is 0. The maximum absolute atomic E-state index is 11.6. The summed E-state index contributed by atoms with van der Waals surface area (Å²) < 4.78 is 5.78. The number of nitrogens with one attached hydrogen (secondary N) is 1. The third-order valence-corrected chi connectivity index (χ3v) is 4.79. The zero-order valence-corrected chi connectivity index (χ0v) is 18.1. The van der Waals surface area contributed by atoms with E-state index < -0.39 is 24.0 Å². The van der Waals surface area contributed by atoms with Gasteiger partial charge < -0.3 is 14.9 Å². The Labute approximate surface area is 181 Å². The molecular formula is C23H28ClNO5. The Balaban J connectivity index is 1.99. The van der Waals surface area contributed by atoms with E-state index in [0.29, 0.717) is 23.8 Å². The van der Waals surface area contributed by atoms with Crippen LogP contribution in [0, 0.1) is 12.8 Å². The first-order valence-corrected chi connectivity index (χ1v) is 10.2. The number of hydrogen-bond donors (Lipinski definition) is 3. The second-order valence-electron chi connectivity index (χ2n) is 7.85. The number of carbonyl (C=O) groups is 2. The molecule has 0 bridgehead atoms. The average molecular weight is 434 g/mol. The highest BCUT2D eigenvalue weighted by molar-refractivity contribution is 6.30. The summed E-state index contributed by atoms with van der Waals surface area (Å²) in [5.41, 5.74) is 2.79. The smallest absolute Gasteiger partial charge is 0.321 e. The summed E-state index contributed by atoms with van der Waals surface area (Å²) in [5, 5.41) is 22.3. The Hall–Kier alpha value is -2.57. The first-order valence-electron chi connectivity index (χ1n) is 9.83. The summed E-state index contributed by atoms with van der Waals surface area (Å²) in [6.07, 6.45) is 0.528. The lowest BCUT2D eigenvalue weighted by Crippen LogP contribution is -2.48. The van der Waals surface area contributed by atoms with Crippen molar-refractivity contribution in [2.24, 2.45) is 5.92 Å². The van der Waals surface area contributed by atoms with Crippen LogP contribution < -0.4 is 10.1 Å². The van der Waals surface area contributed by atoms with Crippen LogP contribution >= 0.6 is 11.6 Å². The van der Waals surface area contributed by atoms with Crippen molar-refractivity contribution in [2.45, 2.75) is 52.3 Å². The third kappa shape index (κ3) is 7.69. The van der Waals surface area contributed by atoms with Crippen molar-refractivity contribution >= 4 is 23.5 Å². The Kier molecular flexibility index (Phi) is 8.69. The van der Waals surface area contributed by atoms with Gasteiger partial charge in [-0.15, -0.1) is 0 Å². The Morgan fingerprint density at radius 3 is 2.17 bits per heavy atom. The molecule has 0 saturated carbocycles. The number of benzene rings is 2. The molecule has 7 heteroatoms. The van der Waals surface area contributed by atoms with Gasteiger partial charge in [0.25, 0.3) is 0 Å². The van der Waals surface area contributed by atoms with Crippen LogP contribution in [0.3, 0.4) is 0 Å². The van der Waals surface area contributed by atoms with E-state index in [1.54, 1.807) is 24.3 Å². The minimum Gasteiger partial charge on any atom is -0.489 e. The summed E-state index contributed by atoms with van der Waals surface area (Å²) in [6.45, 7) is 6.14. The molecule has 0 aliphatic rings. The van der Waals surface area contributed by atoms with Crippen LogP contribution in [0.2, 0.25) is 5.02 Å². The van der Waals surface area contributed by atoms with Gasteiger partial charge in [-0.1, -0.05) is 43.6 Å². The molecule has 2 atom stereocenters. The lowest BCUT2D eigenvalue weighted by molar-refractivity contribution is -0.142. The zero-order valence-electron chi connectivity index (χ0n) is 17.4. The Morgan fingerprint density at radius 2 is 1.63 bits per heavy atom. The molecule has 0 radical (unpaired) electrons. The van der Waals surface area contributed by atoms with Gasteiger partial charge in [0, 0.05) is 5.02 Å². The molecule has 0 fully saturated rings. The van der Waals surface area contributed by atoms with Crippen molar-refractivity contribution in [2.75, 3.05) is 0 Å². The molecule has 2 rings (SSSR count). The van der Waals surface area contributed by atoms with E-state index in [0.717, 1.165) is 16.7 Å². The molecule has 0 spiro atoms. The predicted molar refractivity (Wildman–Crippen MR) is 116 cm³/mol. The normalized spacial score (nSPS) is 13.1. The van der Waals surface area contributed by atoms with E-state index >= 15 is 0 Å². The standard InChI is InChI=1S/C23H28ClNO5/c1-14(2)8-20(22(26)27)25-21(23(28)29)12-16-4-6-19(7-5-16)30-13-17-9-15(3)10-18(24)11-17/h4-7,9-11,14,20-21,25H,8,12-13H2,1-3H3,(H,26,27)(H,28,29)/t20-,21-/m0/s1. The van der Waals surface area contributed by atoms with Crippen molar-refractivity contribution in [3.63, 3.8) is 0 Å². The quantitative estimate of drug-likeness (QED) is 0.488. The molecule has 30 heavy (non-hydrogen) atoms. The van der Waals surface area contributed by atoms with Crippen LogP contribution in [0.25, 0.3) is 0 Å². The molecule has 3 N–H and O–H groups in total. The highest BCUT2D eigenvalue weighted by atomic mass is 35.5. The molecule has 0 aliphatic heterocycles. The van der Waals surface area contributed by atoms with Gasteiger partial charge in [0.05, 0.1) is 0 Å². The molecule has 0 amide bonds. The van der Waals surface area contributed by atoms with Crippen molar-refractivity contribution in [3.8, 4) is 5.75 Å². The van der Waals surface area contributed by atoms with Gasteiger partial charge in [-0.25, -0.2) is 0 Å². The zero-order chi connectivity index (χ0) is 22.3. The van der Waals surface area contributed by atoms with Crippen molar-refractivity contribution in [1.29, 1.82) is 0 Å². The lowest BCUT2D eigenvalue weighted by atomic mass is 10.0. The fraction of sp³-hybridized carbons (Fsp3) is 0.391. The number of hydrogen-bond acceptors (Lipinski definition) is 4. The van der Waals surface area contributed by atoms with Crippen molar-refractivity contribution in [3.05, 3.63) is 64.2 Å². The number of halogens is 1. The fourth-order valence-corrected chi connectivity index (χ4v) is 3.50. The summed E-state index contributed by atoms with van der Waals surface area (Å²) >= 11 is 6.06. The Morgan fingerprint density at radius 1 is 1.00 bits per heavy atom. The third-order valence-electron chi connectivity index (χ3n) is 4.58. The van der Waals surface area contributed by atoms with Crippen LogP contribution in [-0.4, -0.2) is 34.2 Å². The lowest BCUT2D eigenvalue weighted by Gasteiger charge is -2.22. The molecule has 6 nitrogen and oxygen atoms in total. The molecule has 0 heterocycles. The van der Waals surface area contributed by atoms with Crippen molar-refractivity contribution < 1.29 is 24.5 Å². The van der Waals surface area contributed by atoms with E-state index in [1.165, 1.54) is 0 Å². The van der Waals surface area contributed by atoms with Gasteiger partial charge >= 0.3 is 11.9 Å². The molecule has 0 aliphatic carbocycles. The highest BCUT2D eigenvalue weighted by Gasteiger charge is 2.26. The van der Waals surface area contributed by atoms with E-state index in [-0.39, 0.29) is 12.3 Å². The van der Waals surface area contributed by atoms with E-state index in [9.17, 15) is 19.8 Å². The number of carboxylic acids is 2. The Bertz CT molecular complexity index is 846. The van der Waals surface area contributed by atoms with E-state index in [1.807, 2.05) is 39.0 Å². The van der Waals surface area contributed by atoms with Crippen molar-refractivity contribution in [1.82, 2.24) is 5.32 Å². The number of aryl methyl sites for hydroxylation is 1. The van der Waals surface area contributed by atoms with Crippen LogP contribution in [-0.2, 0) is 22.6 Å². The van der Waals surface area contributed by atoms with Gasteiger partial charge in [0.1, 0.15) is 24.4 Å². The second-order valence-corrected chi connectivity index (χ2v) is 8.29. The molecular weight excluding hydrogens is 406 g/mol. The second kappa shape index (κ2) is 11.0. The van der Waals surface area contributed by atoms with Gasteiger partial charge in [-0.2, -0.15) is 0 Å². The largest absolute Gasteiger partial charge is 0.489 e. The molecule has 162 valence electrons. The number of carboxylic acid groups (broad SMARTS) is 2. The summed E-state index contributed by atoms with van der Waals surface area (Å²) in [6, 6.07) is 10.9. The molecule has 2 aromatic carbocycles. The van der Waals surface area contributed by atoms with E-state index in [4.69, 9.17) is 16.3 Å². The fourth-order valence-electron chi connectivity index (χ4n) is 3.19. The summed E-state index contributed by atoms with van der Waals surface area (Å²) in [4.78, 5) is 23.1. The number of ether oxygens (including phenoxy) is 1. The minimum atomic E-state index is -1.08. The topological polar surface area (TPSA) is 95.9 Å². The average Bonchev–Trinajstić information content (AvgIpc) is 2.65. The molecule has 2 aromatic rings. The number of aliphatic carboxylic acids is 2. The maximum Gasteiger partial charge on any atom is 0.321 e. The van der Waals surface area contributed by atoms with Gasteiger partial charge in [0.2, 0.25) is 0 Å².